The van der Waals surface area contributed by atoms with Crippen molar-refractivity contribution >= 4 is 0 Å². The molecule has 1 N–H and O–H groups in total. The van der Waals surface area contributed by atoms with Crippen molar-refractivity contribution in [1.29, 1.82) is 0 Å². The Hall–Kier alpha value is -0.120. The Morgan fingerprint density at radius 1 is 0.714 bits per heavy atom. The van der Waals surface area contributed by atoms with E-state index in [9.17, 15) is 5.11 Å². The second-order valence-corrected chi connectivity index (χ2v) is 7.52. The molecule has 0 amide bonds. The number of nitrogens with zero attached hydrogens (tertiary/aromatic N) is 2. The predicted octanol–water partition coefficient (Wildman–Crippen LogP) is 2.88. The average molecular weight is 294 g/mol. The lowest BCUT2D eigenvalue weighted by atomic mass is 9.78. The Morgan fingerprint density at radius 3 is 2.24 bits per heavy atom. The SMILES string of the molecule is OC1CCCCC1C1CCCCN1CCN1CCCCC1. The van der Waals surface area contributed by atoms with E-state index in [4.69, 9.17) is 0 Å². The molecular formula is C18H34N2O. The summed E-state index contributed by atoms with van der Waals surface area (Å²) in [5.74, 6) is 0.556. The van der Waals surface area contributed by atoms with Gasteiger partial charge in [0.15, 0.2) is 0 Å². The highest BCUT2D eigenvalue weighted by Crippen LogP contribution is 2.33. The van der Waals surface area contributed by atoms with Gasteiger partial charge in [0, 0.05) is 25.0 Å². The Kier molecular flexibility index (Phi) is 5.96. The fourth-order valence-corrected chi connectivity index (χ4v) is 4.82. The van der Waals surface area contributed by atoms with Crippen LogP contribution in [0.4, 0.5) is 0 Å². The monoisotopic (exact) mass is 294 g/mol. The summed E-state index contributed by atoms with van der Waals surface area (Å²) in [6.45, 7) is 6.37. The molecule has 0 aromatic rings. The third kappa shape index (κ3) is 4.20. The van der Waals surface area contributed by atoms with E-state index in [0.717, 1.165) is 6.42 Å². The van der Waals surface area contributed by atoms with Gasteiger partial charge in [0.05, 0.1) is 6.10 Å². The Labute approximate surface area is 130 Å². The quantitative estimate of drug-likeness (QED) is 0.863. The molecule has 0 radical (unpaired) electrons. The first kappa shape index (κ1) is 15.8. The molecule has 3 rings (SSSR count). The van der Waals surface area contributed by atoms with Gasteiger partial charge in [0.2, 0.25) is 0 Å². The Bertz CT molecular complexity index is 304. The van der Waals surface area contributed by atoms with Crippen LogP contribution in [0.25, 0.3) is 0 Å². The second kappa shape index (κ2) is 7.94. The standard InChI is InChI=1S/C18H34N2O/c21-18-10-3-2-8-16(18)17-9-4-7-13-20(17)15-14-19-11-5-1-6-12-19/h16-18,21H,1-15H2. The first-order valence-corrected chi connectivity index (χ1v) is 9.49. The zero-order valence-corrected chi connectivity index (χ0v) is 13.7. The van der Waals surface area contributed by atoms with Gasteiger partial charge in [-0.25, -0.2) is 0 Å². The minimum Gasteiger partial charge on any atom is -0.393 e. The summed E-state index contributed by atoms with van der Waals surface area (Å²) < 4.78 is 0. The van der Waals surface area contributed by atoms with Crippen LogP contribution < -0.4 is 0 Å². The maximum absolute atomic E-state index is 10.4. The molecule has 0 aromatic heterocycles. The van der Waals surface area contributed by atoms with Gasteiger partial charge < -0.3 is 10.0 Å². The number of piperidine rings is 2. The van der Waals surface area contributed by atoms with E-state index in [1.807, 2.05) is 0 Å². The molecule has 2 aliphatic heterocycles. The third-order valence-electron chi connectivity index (χ3n) is 6.09. The van der Waals surface area contributed by atoms with E-state index < -0.39 is 0 Å². The maximum atomic E-state index is 10.4. The lowest BCUT2D eigenvalue weighted by Gasteiger charge is -2.44. The smallest absolute Gasteiger partial charge is 0.0583 e. The molecule has 3 unspecified atom stereocenters. The largest absolute Gasteiger partial charge is 0.393 e. The maximum Gasteiger partial charge on any atom is 0.0583 e. The zero-order valence-electron chi connectivity index (χ0n) is 13.7. The van der Waals surface area contributed by atoms with Gasteiger partial charge in [-0.1, -0.05) is 25.7 Å². The first-order valence-electron chi connectivity index (χ1n) is 9.49. The molecule has 2 saturated heterocycles. The van der Waals surface area contributed by atoms with Crippen molar-refractivity contribution in [3.8, 4) is 0 Å². The van der Waals surface area contributed by atoms with E-state index in [1.165, 1.54) is 90.5 Å². The van der Waals surface area contributed by atoms with Crippen molar-refractivity contribution in [3.05, 3.63) is 0 Å². The van der Waals surface area contributed by atoms with Crippen molar-refractivity contribution in [2.45, 2.75) is 76.4 Å². The summed E-state index contributed by atoms with van der Waals surface area (Å²) in [4.78, 5) is 5.39. The highest BCUT2D eigenvalue weighted by molar-refractivity contribution is 4.89. The fraction of sp³-hybridized carbons (Fsp3) is 1.00. The summed E-state index contributed by atoms with van der Waals surface area (Å²) in [6, 6.07) is 0.666. The zero-order chi connectivity index (χ0) is 14.5. The number of aliphatic hydroxyl groups is 1. The van der Waals surface area contributed by atoms with Gasteiger partial charge in [-0.05, 0) is 58.2 Å². The lowest BCUT2D eigenvalue weighted by molar-refractivity contribution is -0.00869. The van der Waals surface area contributed by atoms with Crippen molar-refractivity contribution in [2.24, 2.45) is 5.92 Å². The van der Waals surface area contributed by atoms with Crippen LogP contribution in [0.2, 0.25) is 0 Å². The van der Waals surface area contributed by atoms with Crippen LogP contribution in [-0.2, 0) is 0 Å². The molecule has 3 atom stereocenters. The molecular weight excluding hydrogens is 260 g/mol. The van der Waals surface area contributed by atoms with E-state index in [2.05, 4.69) is 9.80 Å². The fourth-order valence-electron chi connectivity index (χ4n) is 4.82. The first-order chi connectivity index (χ1) is 10.3. The molecule has 3 heteroatoms. The third-order valence-corrected chi connectivity index (χ3v) is 6.09. The second-order valence-electron chi connectivity index (χ2n) is 7.52. The minimum absolute atomic E-state index is 0.0284. The van der Waals surface area contributed by atoms with Crippen LogP contribution in [0, 0.1) is 5.92 Å². The van der Waals surface area contributed by atoms with Gasteiger partial charge in [-0.15, -0.1) is 0 Å². The van der Waals surface area contributed by atoms with E-state index in [-0.39, 0.29) is 6.10 Å². The van der Waals surface area contributed by atoms with E-state index >= 15 is 0 Å². The average Bonchev–Trinajstić information content (AvgIpc) is 2.55. The van der Waals surface area contributed by atoms with Crippen molar-refractivity contribution in [3.63, 3.8) is 0 Å². The molecule has 3 fully saturated rings. The molecule has 3 nitrogen and oxygen atoms in total. The number of hydrogen-bond donors (Lipinski definition) is 1. The number of hydrogen-bond acceptors (Lipinski definition) is 3. The molecule has 122 valence electrons. The van der Waals surface area contributed by atoms with Crippen molar-refractivity contribution in [1.82, 2.24) is 9.80 Å². The Morgan fingerprint density at radius 2 is 1.43 bits per heavy atom. The van der Waals surface area contributed by atoms with Crippen LogP contribution in [0.15, 0.2) is 0 Å². The van der Waals surface area contributed by atoms with Gasteiger partial charge in [-0.2, -0.15) is 0 Å². The van der Waals surface area contributed by atoms with Crippen LogP contribution in [0.1, 0.15) is 64.2 Å². The summed E-state index contributed by atoms with van der Waals surface area (Å²) >= 11 is 0. The summed E-state index contributed by atoms with van der Waals surface area (Å²) in [5.41, 5.74) is 0. The highest BCUT2D eigenvalue weighted by Gasteiger charge is 2.35. The molecule has 3 aliphatic rings. The van der Waals surface area contributed by atoms with Crippen LogP contribution in [0.5, 0.6) is 0 Å². The van der Waals surface area contributed by atoms with Crippen LogP contribution >= 0.6 is 0 Å². The Balaban J connectivity index is 1.53. The number of rotatable bonds is 4. The van der Waals surface area contributed by atoms with E-state index in [0.29, 0.717) is 12.0 Å². The van der Waals surface area contributed by atoms with Crippen LogP contribution in [0.3, 0.4) is 0 Å². The van der Waals surface area contributed by atoms with Gasteiger partial charge in [0.25, 0.3) is 0 Å². The van der Waals surface area contributed by atoms with Crippen molar-refractivity contribution < 1.29 is 5.11 Å². The van der Waals surface area contributed by atoms with Crippen molar-refractivity contribution in [2.75, 3.05) is 32.7 Å². The minimum atomic E-state index is -0.0284. The molecule has 0 bridgehead atoms. The van der Waals surface area contributed by atoms with Gasteiger partial charge in [-0.3, -0.25) is 4.90 Å². The topological polar surface area (TPSA) is 26.7 Å². The predicted molar refractivity (Wildman–Crippen MR) is 87.5 cm³/mol. The molecule has 1 aliphatic carbocycles. The lowest BCUT2D eigenvalue weighted by Crippen LogP contribution is -2.51. The van der Waals surface area contributed by atoms with E-state index in [1.54, 1.807) is 0 Å². The molecule has 1 saturated carbocycles. The summed E-state index contributed by atoms with van der Waals surface area (Å²) in [7, 11) is 0. The normalized spacial score (nSPS) is 36.7. The molecule has 21 heavy (non-hydrogen) atoms. The molecule has 2 heterocycles. The van der Waals surface area contributed by atoms with Gasteiger partial charge in [0.1, 0.15) is 0 Å². The number of likely N-dealkylation sites (tertiary alicyclic amines) is 2. The number of aliphatic hydroxyl groups excluding tert-OH is 1. The van der Waals surface area contributed by atoms with Crippen LogP contribution in [-0.4, -0.2) is 59.8 Å². The molecule has 0 aromatic carbocycles. The highest BCUT2D eigenvalue weighted by atomic mass is 16.3. The van der Waals surface area contributed by atoms with Gasteiger partial charge >= 0.3 is 0 Å². The summed E-state index contributed by atoms with van der Waals surface area (Å²) in [6.07, 6.45) is 13.1. The molecule has 0 spiro atoms. The summed E-state index contributed by atoms with van der Waals surface area (Å²) in [5, 5.41) is 10.4.